The Kier molecular flexibility index (Phi) is 4.69. The second-order valence-electron chi connectivity index (χ2n) is 4.10. The lowest BCUT2D eigenvalue weighted by molar-refractivity contribution is -0.136. The van der Waals surface area contributed by atoms with E-state index in [4.69, 9.17) is 5.11 Å². The zero-order valence-corrected chi connectivity index (χ0v) is 9.74. The Morgan fingerprint density at radius 2 is 2.06 bits per heavy atom. The molecule has 0 aromatic carbocycles. The Morgan fingerprint density at radius 1 is 1.38 bits per heavy atom. The summed E-state index contributed by atoms with van der Waals surface area (Å²) in [6.45, 7) is 0. The summed E-state index contributed by atoms with van der Waals surface area (Å²) in [6.07, 6.45) is 1.74. The van der Waals surface area contributed by atoms with Crippen molar-refractivity contribution >= 4 is 16.0 Å². The number of aliphatic hydroxyl groups is 1. The lowest BCUT2D eigenvalue weighted by Crippen LogP contribution is -2.41. The maximum Gasteiger partial charge on any atom is 0.304 e. The molecule has 7 heteroatoms. The smallest absolute Gasteiger partial charge is 0.304 e. The van der Waals surface area contributed by atoms with Gasteiger partial charge in [-0.25, -0.2) is 13.1 Å². The number of rotatable bonds is 5. The van der Waals surface area contributed by atoms with Gasteiger partial charge in [-0.2, -0.15) is 0 Å². The Bertz CT molecular complexity index is 340. The third-order valence-corrected chi connectivity index (χ3v) is 4.01. The van der Waals surface area contributed by atoms with E-state index in [-0.39, 0.29) is 6.04 Å². The number of carboxylic acid groups (broad SMARTS) is 1. The summed E-state index contributed by atoms with van der Waals surface area (Å²) in [6, 6.07) is -0.262. The van der Waals surface area contributed by atoms with E-state index in [2.05, 4.69) is 4.72 Å². The lowest BCUT2D eigenvalue weighted by Gasteiger charge is -2.26. The van der Waals surface area contributed by atoms with Crippen molar-refractivity contribution in [3.63, 3.8) is 0 Å². The molecule has 1 aliphatic rings. The van der Waals surface area contributed by atoms with Crippen LogP contribution in [0.3, 0.4) is 0 Å². The van der Waals surface area contributed by atoms with Crippen molar-refractivity contribution in [1.82, 2.24) is 4.72 Å². The summed E-state index contributed by atoms with van der Waals surface area (Å²) in [7, 11) is -3.54. The quantitative estimate of drug-likeness (QED) is 0.621. The summed E-state index contributed by atoms with van der Waals surface area (Å²) >= 11 is 0. The van der Waals surface area contributed by atoms with Crippen LogP contribution < -0.4 is 4.72 Å². The van der Waals surface area contributed by atoms with Gasteiger partial charge in [-0.15, -0.1) is 0 Å². The summed E-state index contributed by atoms with van der Waals surface area (Å²) in [5, 5.41) is 17.8. The van der Waals surface area contributed by atoms with Gasteiger partial charge in [0.15, 0.2) is 0 Å². The number of aliphatic hydroxyl groups excluding tert-OH is 1. The Hall–Kier alpha value is -0.660. The van der Waals surface area contributed by atoms with Crippen LogP contribution in [-0.2, 0) is 14.8 Å². The fraction of sp³-hybridized carbons (Fsp3) is 0.889. The highest BCUT2D eigenvalue weighted by molar-refractivity contribution is 7.89. The van der Waals surface area contributed by atoms with Crippen LogP contribution in [-0.4, -0.2) is 42.5 Å². The second-order valence-corrected chi connectivity index (χ2v) is 5.97. The third-order valence-electron chi connectivity index (χ3n) is 2.58. The standard InChI is InChI=1S/C9H17NO5S/c11-8-3-1-2-7(6-8)10-16(14,15)5-4-9(12)13/h7-8,10-11H,1-6H2,(H,12,13). The molecular weight excluding hydrogens is 234 g/mol. The van der Waals surface area contributed by atoms with Gasteiger partial charge >= 0.3 is 5.97 Å². The van der Waals surface area contributed by atoms with E-state index >= 15 is 0 Å². The van der Waals surface area contributed by atoms with Crippen LogP contribution in [0, 0.1) is 0 Å². The Balaban J connectivity index is 2.42. The van der Waals surface area contributed by atoms with Gasteiger partial charge in [0.25, 0.3) is 0 Å². The molecule has 1 saturated carbocycles. The maximum absolute atomic E-state index is 11.5. The molecule has 2 atom stereocenters. The van der Waals surface area contributed by atoms with E-state index in [1.807, 2.05) is 0 Å². The monoisotopic (exact) mass is 251 g/mol. The first kappa shape index (κ1) is 13.4. The molecule has 0 amide bonds. The molecule has 0 aromatic rings. The van der Waals surface area contributed by atoms with Gasteiger partial charge < -0.3 is 10.2 Å². The third kappa shape index (κ3) is 4.91. The van der Waals surface area contributed by atoms with Gasteiger partial charge in [0.1, 0.15) is 0 Å². The zero-order chi connectivity index (χ0) is 12.2. The highest BCUT2D eigenvalue weighted by Gasteiger charge is 2.24. The van der Waals surface area contributed by atoms with E-state index in [0.29, 0.717) is 19.3 Å². The average molecular weight is 251 g/mol. The van der Waals surface area contributed by atoms with Crippen LogP contribution in [0.15, 0.2) is 0 Å². The molecule has 3 N–H and O–H groups in total. The SMILES string of the molecule is O=C(O)CCS(=O)(=O)NC1CCCC(O)C1. The van der Waals surface area contributed by atoms with E-state index in [1.165, 1.54) is 0 Å². The fourth-order valence-corrected chi connectivity index (χ4v) is 3.09. The average Bonchev–Trinajstić information content (AvgIpc) is 2.14. The topological polar surface area (TPSA) is 104 Å². The maximum atomic E-state index is 11.5. The van der Waals surface area contributed by atoms with E-state index in [9.17, 15) is 18.3 Å². The number of aliphatic carboxylic acids is 1. The van der Waals surface area contributed by atoms with Gasteiger partial charge in [-0.05, 0) is 25.7 Å². The molecule has 6 nitrogen and oxygen atoms in total. The fourth-order valence-electron chi connectivity index (χ4n) is 1.81. The molecule has 0 aliphatic heterocycles. The number of hydrogen-bond donors (Lipinski definition) is 3. The predicted molar refractivity (Wildman–Crippen MR) is 57.4 cm³/mol. The van der Waals surface area contributed by atoms with Crippen LogP contribution in [0.2, 0.25) is 0 Å². The number of carboxylic acids is 1. The summed E-state index contributed by atoms with van der Waals surface area (Å²) in [5.74, 6) is -1.54. The minimum atomic E-state index is -3.54. The van der Waals surface area contributed by atoms with Crippen molar-refractivity contribution in [2.24, 2.45) is 0 Å². The minimum absolute atomic E-state index is 0.262. The van der Waals surface area contributed by atoms with Crippen molar-refractivity contribution in [2.45, 2.75) is 44.2 Å². The molecule has 0 spiro atoms. The van der Waals surface area contributed by atoms with E-state index in [0.717, 1.165) is 6.42 Å². The highest BCUT2D eigenvalue weighted by Crippen LogP contribution is 2.18. The summed E-state index contributed by atoms with van der Waals surface area (Å²) in [5.41, 5.74) is 0. The van der Waals surface area contributed by atoms with Gasteiger partial charge in [0.2, 0.25) is 10.0 Å². The molecule has 1 rings (SSSR count). The van der Waals surface area contributed by atoms with Crippen LogP contribution >= 0.6 is 0 Å². The van der Waals surface area contributed by atoms with Crippen molar-refractivity contribution < 1.29 is 23.4 Å². The van der Waals surface area contributed by atoms with Crippen LogP contribution in [0.1, 0.15) is 32.1 Å². The number of hydrogen-bond acceptors (Lipinski definition) is 4. The summed E-state index contributed by atoms with van der Waals surface area (Å²) in [4.78, 5) is 10.3. The van der Waals surface area contributed by atoms with Crippen molar-refractivity contribution in [3.05, 3.63) is 0 Å². The molecule has 0 heterocycles. The van der Waals surface area contributed by atoms with Gasteiger partial charge in [-0.1, -0.05) is 0 Å². The molecule has 16 heavy (non-hydrogen) atoms. The molecule has 2 unspecified atom stereocenters. The van der Waals surface area contributed by atoms with Gasteiger partial charge in [0, 0.05) is 6.04 Å². The van der Waals surface area contributed by atoms with Gasteiger partial charge in [-0.3, -0.25) is 4.79 Å². The number of carbonyl (C=O) groups is 1. The first-order valence-corrected chi connectivity index (χ1v) is 6.94. The van der Waals surface area contributed by atoms with Crippen LogP contribution in [0.5, 0.6) is 0 Å². The Labute approximate surface area is 94.7 Å². The van der Waals surface area contributed by atoms with E-state index < -0.39 is 34.3 Å². The van der Waals surface area contributed by atoms with Gasteiger partial charge in [0.05, 0.1) is 18.3 Å². The normalized spacial score (nSPS) is 26.6. The second kappa shape index (κ2) is 5.60. The summed E-state index contributed by atoms with van der Waals surface area (Å²) < 4.78 is 25.3. The molecule has 1 fully saturated rings. The predicted octanol–water partition coefficient (Wildman–Crippen LogP) is -0.316. The number of sulfonamides is 1. The molecular formula is C9H17NO5S. The lowest BCUT2D eigenvalue weighted by atomic mass is 9.94. The van der Waals surface area contributed by atoms with Crippen molar-refractivity contribution in [1.29, 1.82) is 0 Å². The molecule has 0 radical (unpaired) electrons. The highest BCUT2D eigenvalue weighted by atomic mass is 32.2. The largest absolute Gasteiger partial charge is 0.481 e. The first-order chi connectivity index (χ1) is 7.39. The zero-order valence-electron chi connectivity index (χ0n) is 8.92. The molecule has 0 saturated heterocycles. The van der Waals surface area contributed by atoms with Crippen molar-refractivity contribution in [2.75, 3.05) is 5.75 Å². The van der Waals surface area contributed by atoms with Crippen LogP contribution in [0.25, 0.3) is 0 Å². The van der Waals surface area contributed by atoms with E-state index in [1.54, 1.807) is 0 Å². The van der Waals surface area contributed by atoms with Crippen molar-refractivity contribution in [3.8, 4) is 0 Å². The molecule has 1 aliphatic carbocycles. The number of nitrogens with one attached hydrogen (secondary N) is 1. The minimum Gasteiger partial charge on any atom is -0.481 e. The molecule has 0 bridgehead atoms. The Morgan fingerprint density at radius 3 is 2.62 bits per heavy atom. The molecule has 0 aromatic heterocycles. The van der Waals surface area contributed by atoms with Crippen LogP contribution in [0.4, 0.5) is 0 Å². The molecule has 94 valence electrons. The first-order valence-electron chi connectivity index (χ1n) is 5.29.